The number of hydrogen-bond donors (Lipinski definition) is 3. The first-order valence-electron chi connectivity index (χ1n) is 11.2. The van der Waals surface area contributed by atoms with Gasteiger partial charge in [0.25, 0.3) is 0 Å². The zero-order chi connectivity index (χ0) is 28.2. The second-order valence-corrected chi connectivity index (χ2v) is 11.0. The van der Waals surface area contributed by atoms with Gasteiger partial charge in [-0.15, -0.1) is 5.10 Å². The molecule has 3 N–H and O–H groups in total. The van der Waals surface area contributed by atoms with Crippen LogP contribution in [0, 0.1) is 19.7 Å². The SMILES string of the molecule is Cc1ccc(F)c([C@@H](C)[C@H](NS(=O)(=O)c2ccc(Cl)c3c2OCCC3(O)C(F)(F)F)c2n[nH]c(=O)o2)c1C. The summed E-state index contributed by atoms with van der Waals surface area (Å²) in [6.45, 7) is 4.15. The molecule has 4 rings (SSSR count). The molecule has 3 aromatic rings. The summed E-state index contributed by atoms with van der Waals surface area (Å²) < 4.78 is 96.1. The summed E-state index contributed by atoms with van der Waals surface area (Å²) in [5, 5.41) is 15.6. The summed E-state index contributed by atoms with van der Waals surface area (Å²) in [5.41, 5.74) is -3.11. The van der Waals surface area contributed by atoms with Crippen LogP contribution in [0.5, 0.6) is 5.75 Å². The Hall–Kier alpha value is -2.94. The highest BCUT2D eigenvalue weighted by molar-refractivity contribution is 7.89. The van der Waals surface area contributed by atoms with E-state index in [1.165, 1.54) is 19.1 Å². The number of aryl methyl sites for hydroxylation is 1. The Bertz CT molecular complexity index is 1560. The van der Waals surface area contributed by atoms with Gasteiger partial charge in [0.15, 0.2) is 5.60 Å². The van der Waals surface area contributed by atoms with Crippen LogP contribution in [0.25, 0.3) is 0 Å². The van der Waals surface area contributed by atoms with Crippen LogP contribution in [0.4, 0.5) is 17.6 Å². The summed E-state index contributed by atoms with van der Waals surface area (Å²) in [6, 6.07) is 3.03. The van der Waals surface area contributed by atoms with Crippen LogP contribution in [-0.2, 0) is 15.6 Å². The van der Waals surface area contributed by atoms with Gasteiger partial charge in [0.2, 0.25) is 15.9 Å². The number of sulfonamides is 1. The Morgan fingerprint density at radius 3 is 2.53 bits per heavy atom. The molecule has 3 atom stereocenters. The third kappa shape index (κ3) is 4.70. The highest BCUT2D eigenvalue weighted by atomic mass is 35.5. The number of hydrogen-bond acceptors (Lipinski definition) is 7. The summed E-state index contributed by atoms with van der Waals surface area (Å²) in [6.07, 6.45) is -6.11. The molecule has 0 fully saturated rings. The number of aromatic amines is 1. The Kier molecular flexibility index (Phi) is 7.14. The minimum atomic E-state index is -5.19. The van der Waals surface area contributed by atoms with E-state index in [9.17, 15) is 35.9 Å². The van der Waals surface area contributed by atoms with Crippen molar-refractivity contribution in [2.45, 2.75) is 55.8 Å². The van der Waals surface area contributed by atoms with Gasteiger partial charge in [-0.25, -0.2) is 22.7 Å². The summed E-state index contributed by atoms with van der Waals surface area (Å²) >= 11 is 5.98. The molecule has 1 aliphatic rings. The number of rotatable bonds is 6. The number of H-pyrrole nitrogens is 1. The topological polar surface area (TPSA) is 135 Å². The maximum absolute atomic E-state index is 14.9. The highest BCUT2D eigenvalue weighted by Crippen LogP contribution is 2.52. The van der Waals surface area contributed by atoms with Crippen molar-refractivity contribution in [1.29, 1.82) is 0 Å². The molecule has 0 bridgehead atoms. The summed E-state index contributed by atoms with van der Waals surface area (Å²) in [4.78, 5) is 10.9. The van der Waals surface area contributed by atoms with E-state index >= 15 is 0 Å². The second kappa shape index (κ2) is 9.67. The van der Waals surface area contributed by atoms with Gasteiger partial charge < -0.3 is 14.3 Å². The normalized spacial score (nSPS) is 19.5. The van der Waals surface area contributed by atoms with Gasteiger partial charge in [0.05, 0.1) is 17.2 Å². The fraction of sp³-hybridized carbons (Fsp3) is 0.391. The number of halogens is 5. The van der Waals surface area contributed by atoms with Crippen LogP contribution < -0.4 is 15.2 Å². The van der Waals surface area contributed by atoms with Crippen LogP contribution in [0.1, 0.15) is 53.4 Å². The van der Waals surface area contributed by atoms with Crippen molar-refractivity contribution < 1.29 is 40.2 Å². The van der Waals surface area contributed by atoms with Gasteiger partial charge in [-0.2, -0.15) is 17.9 Å². The van der Waals surface area contributed by atoms with Crippen molar-refractivity contribution in [2.75, 3.05) is 6.61 Å². The van der Waals surface area contributed by atoms with Gasteiger partial charge in [-0.1, -0.05) is 24.6 Å². The molecule has 206 valence electrons. The van der Waals surface area contributed by atoms with Gasteiger partial charge in [-0.05, 0) is 48.7 Å². The molecule has 0 saturated heterocycles. The first kappa shape index (κ1) is 28.1. The van der Waals surface area contributed by atoms with E-state index in [1.807, 2.05) is 5.10 Å². The van der Waals surface area contributed by atoms with Crippen LogP contribution >= 0.6 is 11.6 Å². The smallest absolute Gasteiger partial charge is 0.434 e. The number of ether oxygens (including phenoxy) is 1. The number of nitrogens with one attached hydrogen (secondary N) is 2. The lowest BCUT2D eigenvalue weighted by Crippen LogP contribution is -2.46. The van der Waals surface area contributed by atoms with E-state index in [4.69, 9.17) is 20.8 Å². The number of alkyl halides is 3. The van der Waals surface area contributed by atoms with Crippen LogP contribution in [-0.4, -0.2) is 36.5 Å². The second-order valence-electron chi connectivity index (χ2n) is 8.95. The molecule has 9 nitrogen and oxygen atoms in total. The molecule has 0 aliphatic carbocycles. The quantitative estimate of drug-likeness (QED) is 0.374. The monoisotopic (exact) mass is 579 g/mol. The molecule has 38 heavy (non-hydrogen) atoms. The maximum atomic E-state index is 14.9. The lowest BCUT2D eigenvalue weighted by Gasteiger charge is -2.37. The first-order valence-corrected chi connectivity index (χ1v) is 13.0. The van der Waals surface area contributed by atoms with Crippen molar-refractivity contribution >= 4 is 21.6 Å². The van der Waals surface area contributed by atoms with E-state index in [-0.39, 0.29) is 5.56 Å². The van der Waals surface area contributed by atoms with Crippen molar-refractivity contribution in [3.05, 3.63) is 73.8 Å². The minimum Gasteiger partial charge on any atom is -0.492 e. The van der Waals surface area contributed by atoms with Crippen molar-refractivity contribution in [3.8, 4) is 5.75 Å². The third-order valence-electron chi connectivity index (χ3n) is 6.64. The van der Waals surface area contributed by atoms with E-state index in [0.717, 1.165) is 12.1 Å². The molecular formula is C23H22ClF4N3O6S. The minimum absolute atomic E-state index is 0.101. The molecule has 1 aromatic heterocycles. The largest absolute Gasteiger partial charge is 0.492 e. The van der Waals surface area contributed by atoms with Gasteiger partial charge in [-0.3, -0.25) is 0 Å². The average Bonchev–Trinajstić information content (AvgIpc) is 3.25. The molecule has 2 aromatic carbocycles. The number of aliphatic hydroxyl groups is 1. The van der Waals surface area contributed by atoms with Crippen molar-refractivity contribution in [2.24, 2.45) is 0 Å². The summed E-state index contributed by atoms with van der Waals surface area (Å²) in [5.74, 6) is -3.93. The highest BCUT2D eigenvalue weighted by Gasteiger charge is 2.59. The average molecular weight is 580 g/mol. The molecule has 0 amide bonds. The molecule has 0 spiro atoms. The number of fused-ring (bicyclic) bond motifs is 1. The number of benzene rings is 2. The third-order valence-corrected chi connectivity index (χ3v) is 8.42. The van der Waals surface area contributed by atoms with E-state index in [2.05, 4.69) is 9.82 Å². The molecule has 15 heteroatoms. The van der Waals surface area contributed by atoms with E-state index < -0.39 is 85.5 Å². The zero-order valence-corrected chi connectivity index (χ0v) is 21.7. The van der Waals surface area contributed by atoms with Gasteiger partial charge >= 0.3 is 11.9 Å². The first-order chi connectivity index (χ1) is 17.6. The van der Waals surface area contributed by atoms with Crippen molar-refractivity contribution in [1.82, 2.24) is 14.9 Å². The van der Waals surface area contributed by atoms with Gasteiger partial charge in [0, 0.05) is 12.3 Å². The Morgan fingerprint density at radius 1 is 1.24 bits per heavy atom. The molecular weight excluding hydrogens is 558 g/mol. The fourth-order valence-electron chi connectivity index (χ4n) is 4.49. The predicted molar refractivity (Wildman–Crippen MR) is 126 cm³/mol. The fourth-order valence-corrected chi connectivity index (χ4v) is 6.21. The standard InChI is InChI=1S/C23H22ClF4N3O6S/c1-10-4-6-14(25)16(11(10)2)12(3)18(20-29-30-21(32)37-20)31-38(34,35)15-7-5-13(24)17-19(15)36-9-8-22(17,33)23(26,27)28/h4-7,12,18,31,33H,8-9H2,1-3H3,(H,30,32)/t12-,18+,22?/m1/s1. The number of aromatic nitrogens is 2. The lowest BCUT2D eigenvalue weighted by atomic mass is 9.87. The Morgan fingerprint density at radius 2 is 1.92 bits per heavy atom. The Balaban J connectivity index is 1.86. The molecule has 1 unspecified atom stereocenters. The van der Waals surface area contributed by atoms with Crippen LogP contribution in [0.2, 0.25) is 5.02 Å². The van der Waals surface area contributed by atoms with Crippen LogP contribution in [0.3, 0.4) is 0 Å². The molecule has 1 aliphatic heterocycles. The molecule has 0 radical (unpaired) electrons. The predicted octanol–water partition coefficient (Wildman–Crippen LogP) is 4.13. The van der Waals surface area contributed by atoms with Crippen LogP contribution in [0.15, 0.2) is 38.4 Å². The van der Waals surface area contributed by atoms with E-state index in [1.54, 1.807) is 13.8 Å². The number of nitrogens with zero attached hydrogens (tertiary/aromatic N) is 1. The van der Waals surface area contributed by atoms with Gasteiger partial charge in [0.1, 0.15) is 22.5 Å². The lowest BCUT2D eigenvalue weighted by molar-refractivity contribution is -0.274. The van der Waals surface area contributed by atoms with E-state index in [0.29, 0.717) is 11.1 Å². The maximum Gasteiger partial charge on any atom is 0.434 e. The molecule has 2 heterocycles. The van der Waals surface area contributed by atoms with Crippen molar-refractivity contribution in [3.63, 3.8) is 0 Å². The summed E-state index contributed by atoms with van der Waals surface area (Å²) in [7, 11) is -4.79. The molecule has 0 saturated carbocycles. The zero-order valence-electron chi connectivity index (χ0n) is 20.1. The Labute approximate surface area is 218 Å².